The van der Waals surface area contributed by atoms with Gasteiger partial charge in [-0.1, -0.05) is 28.1 Å². The number of nitrogens with one attached hydrogen (secondary N) is 1. The van der Waals surface area contributed by atoms with Crippen LogP contribution in [0.1, 0.15) is 34.8 Å². The highest BCUT2D eigenvalue weighted by Crippen LogP contribution is 2.36. The Morgan fingerprint density at radius 3 is 2.64 bits per heavy atom. The molecule has 1 unspecified atom stereocenters. The van der Waals surface area contributed by atoms with E-state index in [2.05, 4.69) is 21.2 Å². The van der Waals surface area contributed by atoms with Gasteiger partial charge in [0, 0.05) is 16.6 Å². The van der Waals surface area contributed by atoms with Crippen LogP contribution in [0.4, 0.5) is 0 Å². The molecule has 0 saturated carbocycles. The van der Waals surface area contributed by atoms with Gasteiger partial charge in [-0.25, -0.2) is 0 Å². The minimum atomic E-state index is -0.267. The van der Waals surface area contributed by atoms with Gasteiger partial charge in [0.25, 0.3) is 5.91 Å². The summed E-state index contributed by atoms with van der Waals surface area (Å²) in [5.74, 6) is 0.933. The van der Waals surface area contributed by atoms with Gasteiger partial charge < -0.3 is 19.7 Å². The predicted octanol–water partition coefficient (Wildman–Crippen LogP) is 3.56. The van der Waals surface area contributed by atoms with E-state index in [1.807, 2.05) is 29.2 Å². The lowest BCUT2D eigenvalue weighted by Gasteiger charge is -2.26. The Labute approximate surface area is 172 Å². The molecule has 0 radical (unpaired) electrons. The van der Waals surface area contributed by atoms with Crippen molar-refractivity contribution in [2.24, 2.45) is 0 Å². The number of benzene rings is 2. The van der Waals surface area contributed by atoms with Crippen molar-refractivity contribution in [2.75, 3.05) is 27.3 Å². The molecule has 2 aromatic rings. The average molecular weight is 447 g/mol. The van der Waals surface area contributed by atoms with Crippen molar-refractivity contribution >= 4 is 27.7 Å². The normalized spacial score (nSPS) is 16.0. The third-order valence-electron chi connectivity index (χ3n) is 4.85. The lowest BCUT2D eigenvalue weighted by molar-refractivity contribution is -0.131. The van der Waals surface area contributed by atoms with Crippen LogP contribution in [0.3, 0.4) is 0 Å². The van der Waals surface area contributed by atoms with Gasteiger partial charge >= 0.3 is 0 Å². The van der Waals surface area contributed by atoms with Crippen LogP contribution in [-0.4, -0.2) is 44.0 Å². The Morgan fingerprint density at radius 2 is 1.93 bits per heavy atom. The number of likely N-dealkylation sites (tertiary alicyclic amines) is 1. The quantitative estimate of drug-likeness (QED) is 0.736. The monoisotopic (exact) mass is 446 g/mol. The zero-order valence-corrected chi connectivity index (χ0v) is 17.5. The zero-order chi connectivity index (χ0) is 20.1. The summed E-state index contributed by atoms with van der Waals surface area (Å²) in [7, 11) is 3.19. The van der Waals surface area contributed by atoms with E-state index in [-0.39, 0.29) is 24.4 Å². The summed E-state index contributed by atoms with van der Waals surface area (Å²) in [6, 6.07) is 12.8. The predicted molar refractivity (Wildman–Crippen MR) is 110 cm³/mol. The molecule has 1 heterocycles. The molecule has 0 bridgehead atoms. The van der Waals surface area contributed by atoms with Gasteiger partial charge in [-0.05, 0) is 48.7 Å². The molecule has 28 heavy (non-hydrogen) atoms. The van der Waals surface area contributed by atoms with Crippen LogP contribution in [0.15, 0.2) is 46.9 Å². The number of hydrogen-bond donors (Lipinski definition) is 1. The number of halogens is 1. The van der Waals surface area contributed by atoms with E-state index in [0.717, 1.165) is 22.9 Å². The maximum absolute atomic E-state index is 12.8. The van der Waals surface area contributed by atoms with Gasteiger partial charge in [-0.3, -0.25) is 9.59 Å². The van der Waals surface area contributed by atoms with Crippen molar-refractivity contribution in [2.45, 2.75) is 18.9 Å². The molecule has 6 nitrogen and oxygen atoms in total. The second-order valence-electron chi connectivity index (χ2n) is 6.55. The van der Waals surface area contributed by atoms with E-state index in [0.29, 0.717) is 23.6 Å². The fourth-order valence-corrected chi connectivity index (χ4v) is 3.86. The van der Waals surface area contributed by atoms with E-state index in [1.165, 1.54) is 0 Å². The van der Waals surface area contributed by atoms with E-state index < -0.39 is 0 Å². The summed E-state index contributed by atoms with van der Waals surface area (Å²) in [6.45, 7) is 0.639. The highest BCUT2D eigenvalue weighted by Gasteiger charge is 2.30. The van der Waals surface area contributed by atoms with Gasteiger partial charge in [0.05, 0.1) is 26.8 Å². The molecule has 1 saturated heterocycles. The maximum Gasteiger partial charge on any atom is 0.251 e. The van der Waals surface area contributed by atoms with Gasteiger partial charge in [0.1, 0.15) is 0 Å². The smallest absolute Gasteiger partial charge is 0.251 e. The zero-order valence-electron chi connectivity index (χ0n) is 15.9. The first-order valence-corrected chi connectivity index (χ1v) is 9.88. The summed E-state index contributed by atoms with van der Waals surface area (Å²) in [5, 5.41) is 2.72. The second-order valence-corrected chi connectivity index (χ2v) is 7.47. The fraction of sp³-hybridized carbons (Fsp3) is 0.333. The number of carbonyl (C=O) groups is 2. The van der Waals surface area contributed by atoms with Crippen molar-refractivity contribution in [1.29, 1.82) is 0 Å². The van der Waals surface area contributed by atoms with Crippen molar-refractivity contribution < 1.29 is 19.1 Å². The Hall–Kier alpha value is -2.54. The third kappa shape index (κ3) is 4.47. The van der Waals surface area contributed by atoms with Crippen LogP contribution < -0.4 is 14.8 Å². The summed E-state index contributed by atoms with van der Waals surface area (Å²) < 4.78 is 11.5. The van der Waals surface area contributed by atoms with Crippen LogP contribution in [0, 0.1) is 0 Å². The molecule has 0 aromatic heterocycles. The SMILES string of the molecule is COc1ccc(C2CCCN2C(=O)CNC(=O)c2cccc(Br)c2)cc1OC. The Balaban J connectivity index is 1.67. The first-order valence-electron chi connectivity index (χ1n) is 9.08. The molecule has 7 heteroatoms. The van der Waals surface area contributed by atoms with Gasteiger partial charge in [-0.15, -0.1) is 0 Å². The number of amides is 2. The third-order valence-corrected chi connectivity index (χ3v) is 5.35. The van der Waals surface area contributed by atoms with Gasteiger partial charge in [-0.2, -0.15) is 0 Å². The molecule has 1 aliphatic rings. The number of carbonyl (C=O) groups excluding carboxylic acids is 2. The minimum Gasteiger partial charge on any atom is -0.493 e. The molecule has 1 N–H and O–H groups in total. The first-order chi connectivity index (χ1) is 13.5. The van der Waals surface area contributed by atoms with Crippen molar-refractivity contribution in [1.82, 2.24) is 10.2 Å². The molecule has 1 aliphatic heterocycles. The molecule has 2 aromatic carbocycles. The molecule has 0 aliphatic carbocycles. The van der Waals surface area contributed by atoms with Gasteiger partial charge in [0.2, 0.25) is 5.91 Å². The molecular formula is C21H23BrN2O4. The molecule has 3 rings (SSSR count). The summed E-state index contributed by atoms with van der Waals surface area (Å²) in [4.78, 5) is 26.9. The van der Waals surface area contributed by atoms with E-state index in [1.54, 1.807) is 32.4 Å². The van der Waals surface area contributed by atoms with Crippen LogP contribution in [-0.2, 0) is 4.79 Å². The standard InChI is InChI=1S/C21H23BrN2O4/c1-27-18-9-8-14(12-19(18)28-2)17-7-4-10-24(17)20(25)13-23-21(26)15-5-3-6-16(22)11-15/h3,5-6,8-9,11-12,17H,4,7,10,13H2,1-2H3,(H,23,26). The summed E-state index contributed by atoms with van der Waals surface area (Å²) in [6.07, 6.45) is 1.80. The first kappa shape index (κ1) is 20.2. The Bertz CT molecular complexity index is 871. The summed E-state index contributed by atoms with van der Waals surface area (Å²) >= 11 is 3.35. The molecule has 148 valence electrons. The minimum absolute atomic E-state index is 0.0323. The van der Waals surface area contributed by atoms with E-state index in [4.69, 9.17) is 9.47 Å². The van der Waals surface area contributed by atoms with E-state index in [9.17, 15) is 9.59 Å². The fourth-order valence-electron chi connectivity index (χ4n) is 3.46. The Morgan fingerprint density at radius 1 is 1.14 bits per heavy atom. The lowest BCUT2D eigenvalue weighted by atomic mass is 10.0. The largest absolute Gasteiger partial charge is 0.493 e. The average Bonchev–Trinajstić information content (AvgIpc) is 3.21. The highest BCUT2D eigenvalue weighted by molar-refractivity contribution is 9.10. The van der Waals surface area contributed by atoms with Crippen LogP contribution in [0.2, 0.25) is 0 Å². The summed E-state index contributed by atoms with van der Waals surface area (Å²) in [5.41, 5.74) is 1.52. The highest BCUT2D eigenvalue weighted by atomic mass is 79.9. The Kier molecular flexibility index (Phi) is 6.57. The van der Waals surface area contributed by atoms with Crippen molar-refractivity contribution in [3.63, 3.8) is 0 Å². The second kappa shape index (κ2) is 9.10. The topological polar surface area (TPSA) is 67.9 Å². The van der Waals surface area contributed by atoms with Crippen molar-refractivity contribution in [3.8, 4) is 11.5 Å². The van der Waals surface area contributed by atoms with Crippen LogP contribution in [0.5, 0.6) is 11.5 Å². The lowest BCUT2D eigenvalue weighted by Crippen LogP contribution is -2.39. The van der Waals surface area contributed by atoms with Gasteiger partial charge in [0.15, 0.2) is 11.5 Å². The number of hydrogen-bond acceptors (Lipinski definition) is 4. The van der Waals surface area contributed by atoms with Crippen LogP contribution in [0.25, 0.3) is 0 Å². The molecule has 2 amide bonds. The number of nitrogens with zero attached hydrogens (tertiary/aromatic N) is 1. The number of rotatable bonds is 6. The van der Waals surface area contributed by atoms with E-state index >= 15 is 0 Å². The maximum atomic E-state index is 12.8. The molecule has 1 fully saturated rings. The molecule has 0 spiro atoms. The van der Waals surface area contributed by atoms with Crippen molar-refractivity contribution in [3.05, 3.63) is 58.1 Å². The number of methoxy groups -OCH3 is 2. The number of ether oxygens (including phenoxy) is 2. The van der Waals surface area contributed by atoms with Crippen LogP contribution >= 0.6 is 15.9 Å². The molecule has 1 atom stereocenters. The molecular weight excluding hydrogens is 424 g/mol.